The number of anilines is 6. The van der Waals surface area contributed by atoms with E-state index in [0.29, 0.717) is 0 Å². The van der Waals surface area contributed by atoms with Gasteiger partial charge in [0.2, 0.25) is 11.8 Å². The van der Waals surface area contributed by atoms with Crippen molar-refractivity contribution in [2.45, 2.75) is 0 Å². The van der Waals surface area contributed by atoms with Crippen LogP contribution in [-0.4, -0.2) is 6.71 Å². The third-order valence-corrected chi connectivity index (χ3v) is 14.0. The molecule has 290 valence electrons. The van der Waals surface area contributed by atoms with Crippen LogP contribution < -0.4 is 26.2 Å². The second-order valence-corrected chi connectivity index (χ2v) is 17.0. The summed E-state index contributed by atoms with van der Waals surface area (Å²) in [6.45, 7) is -0.180. The topological polar surface area (TPSA) is 32.8 Å². The Hall–Kier alpha value is -8.28. The van der Waals surface area contributed by atoms with E-state index in [9.17, 15) is 0 Å². The summed E-state index contributed by atoms with van der Waals surface area (Å²) < 4.78 is 14.4. The lowest BCUT2D eigenvalue weighted by atomic mass is 9.33. The van der Waals surface area contributed by atoms with E-state index in [1.807, 2.05) is 0 Å². The van der Waals surface area contributed by atoms with Crippen molar-refractivity contribution in [2.75, 3.05) is 9.80 Å². The van der Waals surface area contributed by atoms with Gasteiger partial charge in [-0.25, -0.2) is 0 Å². The van der Waals surface area contributed by atoms with Gasteiger partial charge in [-0.3, -0.25) is 9.80 Å². The Morgan fingerprint density at radius 3 is 0.937 bits per heavy atom. The number of para-hydroxylation sites is 2. The van der Waals surface area contributed by atoms with E-state index in [-0.39, 0.29) is 6.71 Å². The molecule has 0 radical (unpaired) electrons. The van der Waals surface area contributed by atoms with E-state index in [1.165, 1.54) is 70.1 Å². The molecule has 0 fully saturated rings. The summed E-state index contributed by atoms with van der Waals surface area (Å²) in [5.74, 6) is 1.67. The van der Waals surface area contributed by atoms with E-state index in [2.05, 4.69) is 210 Å². The lowest BCUT2D eigenvalue weighted by molar-refractivity contribution is 0.621. The monoisotopic (exact) mass is 800 g/mol. The Morgan fingerprint density at radius 2 is 0.540 bits per heavy atom. The van der Waals surface area contributed by atoms with E-state index >= 15 is 0 Å². The van der Waals surface area contributed by atoms with Crippen LogP contribution in [0.2, 0.25) is 0 Å². The molecule has 0 saturated heterocycles. The third-order valence-electron chi connectivity index (χ3n) is 14.0. The molecule has 63 heavy (non-hydrogen) atoms. The summed E-state index contributed by atoms with van der Waals surface area (Å²) in [7, 11) is 0. The van der Waals surface area contributed by atoms with Crippen LogP contribution in [0.1, 0.15) is 0 Å². The second kappa shape index (κ2) is 12.2. The fourth-order valence-electron chi connectivity index (χ4n) is 11.6. The Labute approximate surface area is 361 Å². The summed E-state index contributed by atoms with van der Waals surface area (Å²) in [4.78, 5) is 4.84. The van der Waals surface area contributed by atoms with Gasteiger partial charge < -0.3 is 8.83 Å². The van der Waals surface area contributed by atoms with Gasteiger partial charge in [-0.15, -0.1) is 0 Å². The standard InChI is InChI=1S/C58H33BN2O2/c1-3-18-38-34(16-1)36-20-5-7-22-40(36)52-42(38)26-13-28-46(52)60-48-30-15-31-49-56(48)59(54-44-24-9-11-32-50(44)62-57(54)60)55-45-25-10-12-33-51(45)63-58(55)61(49)47-29-14-27-43-39-19-4-2-17-35(39)37-21-6-8-23-41(37)53(43)47/h1-33H. The molecule has 5 heteroatoms. The molecule has 0 bridgehead atoms. The number of nitrogens with zero attached hydrogens (tertiary/aromatic N) is 2. The molecular weight excluding hydrogens is 767 g/mol. The average Bonchev–Trinajstić information content (AvgIpc) is 3.93. The Morgan fingerprint density at radius 1 is 0.254 bits per heavy atom. The van der Waals surface area contributed by atoms with Crippen LogP contribution in [0.25, 0.3) is 86.6 Å². The SMILES string of the molecule is c1cc2c3c(c1)N(c1cccc4c5ccccc5c5ccccc5c14)c1oc4ccccc4c1B3c1c(oc3ccccc13)N2c1cccc2c3ccccc3c3ccccc3c12. The Bertz CT molecular complexity index is 3790. The van der Waals surface area contributed by atoms with Crippen molar-refractivity contribution in [3.8, 4) is 0 Å². The minimum Gasteiger partial charge on any atom is -0.440 e. The first-order valence-corrected chi connectivity index (χ1v) is 21.7. The first kappa shape index (κ1) is 33.4. The first-order chi connectivity index (χ1) is 31.3. The maximum atomic E-state index is 7.20. The molecule has 0 atom stereocenters. The molecule has 2 aromatic heterocycles. The highest BCUT2D eigenvalue weighted by Gasteiger charge is 2.49. The van der Waals surface area contributed by atoms with E-state index in [1.54, 1.807) is 0 Å². The van der Waals surface area contributed by atoms with Gasteiger partial charge in [0.25, 0.3) is 6.71 Å². The van der Waals surface area contributed by atoms with Crippen LogP contribution in [0.3, 0.4) is 0 Å². The number of fused-ring (bicyclic) bond motifs is 20. The van der Waals surface area contributed by atoms with E-state index in [4.69, 9.17) is 8.83 Å². The molecule has 2 aliphatic rings. The minimum absolute atomic E-state index is 0.180. The molecule has 15 rings (SSSR count). The van der Waals surface area contributed by atoms with Crippen molar-refractivity contribution in [3.63, 3.8) is 0 Å². The fourth-order valence-corrected chi connectivity index (χ4v) is 11.6. The largest absolute Gasteiger partial charge is 0.440 e. The van der Waals surface area contributed by atoms with Crippen molar-refractivity contribution in [3.05, 3.63) is 200 Å². The number of furan rings is 2. The van der Waals surface area contributed by atoms with Crippen LogP contribution in [0.5, 0.6) is 0 Å². The number of hydrogen-bond acceptors (Lipinski definition) is 4. The molecule has 0 N–H and O–H groups in total. The summed E-state index contributed by atoms with van der Waals surface area (Å²) in [5, 5.41) is 16.9. The number of rotatable bonds is 2. The van der Waals surface area contributed by atoms with Crippen molar-refractivity contribution >= 4 is 144 Å². The van der Waals surface area contributed by atoms with Crippen LogP contribution in [0, 0.1) is 0 Å². The summed E-state index contributed by atoms with van der Waals surface area (Å²) in [5.41, 5.74) is 9.58. The molecule has 0 spiro atoms. The van der Waals surface area contributed by atoms with Crippen LogP contribution in [0.15, 0.2) is 209 Å². The summed E-state index contributed by atoms with van der Waals surface area (Å²) in [6.07, 6.45) is 0. The highest BCUT2D eigenvalue weighted by Crippen LogP contribution is 2.52. The van der Waals surface area contributed by atoms with Crippen molar-refractivity contribution in [2.24, 2.45) is 0 Å². The predicted octanol–water partition coefficient (Wildman–Crippen LogP) is 14.2. The van der Waals surface area contributed by atoms with E-state index in [0.717, 1.165) is 67.4 Å². The average molecular weight is 801 g/mol. The molecule has 11 aromatic carbocycles. The van der Waals surface area contributed by atoms with Crippen LogP contribution in [0.4, 0.5) is 34.5 Å². The minimum atomic E-state index is -0.180. The lowest BCUT2D eigenvalue weighted by Gasteiger charge is -2.41. The molecule has 2 aliphatic heterocycles. The second-order valence-electron chi connectivity index (χ2n) is 17.0. The van der Waals surface area contributed by atoms with Gasteiger partial charge in [0.1, 0.15) is 11.2 Å². The van der Waals surface area contributed by atoms with Gasteiger partial charge in [-0.2, -0.15) is 0 Å². The van der Waals surface area contributed by atoms with Crippen molar-refractivity contribution in [1.29, 1.82) is 0 Å². The number of benzene rings is 11. The summed E-state index contributed by atoms with van der Waals surface area (Å²) >= 11 is 0. The highest BCUT2D eigenvalue weighted by molar-refractivity contribution is 7.02. The van der Waals surface area contributed by atoms with Gasteiger partial charge in [0.05, 0.1) is 11.4 Å². The zero-order valence-electron chi connectivity index (χ0n) is 33.8. The van der Waals surface area contributed by atoms with Gasteiger partial charge in [-0.1, -0.05) is 164 Å². The van der Waals surface area contributed by atoms with Gasteiger partial charge in [-0.05, 0) is 95.7 Å². The van der Waals surface area contributed by atoms with Crippen LogP contribution in [-0.2, 0) is 0 Å². The van der Waals surface area contributed by atoms with Gasteiger partial charge in [0.15, 0.2) is 0 Å². The van der Waals surface area contributed by atoms with Gasteiger partial charge in [0, 0.05) is 43.8 Å². The molecule has 0 unspecified atom stereocenters. The smallest absolute Gasteiger partial charge is 0.262 e. The predicted molar refractivity (Wildman–Crippen MR) is 265 cm³/mol. The van der Waals surface area contributed by atoms with E-state index < -0.39 is 0 Å². The number of hydrogen-bond donors (Lipinski definition) is 0. The molecule has 4 nitrogen and oxygen atoms in total. The van der Waals surface area contributed by atoms with Crippen molar-refractivity contribution in [1.82, 2.24) is 0 Å². The molecule has 0 amide bonds. The lowest BCUT2D eigenvalue weighted by Crippen LogP contribution is -2.60. The maximum absolute atomic E-state index is 7.20. The molecule has 0 aliphatic carbocycles. The molecule has 4 heterocycles. The van der Waals surface area contributed by atoms with Crippen molar-refractivity contribution < 1.29 is 8.83 Å². The zero-order chi connectivity index (χ0) is 40.9. The normalized spacial score (nSPS) is 13.3. The maximum Gasteiger partial charge on any atom is 0.262 e. The first-order valence-electron chi connectivity index (χ1n) is 21.7. The van der Waals surface area contributed by atoms with Crippen LogP contribution >= 0.6 is 0 Å². The Balaban J connectivity index is 1.11. The van der Waals surface area contributed by atoms with Gasteiger partial charge >= 0.3 is 0 Å². The molecule has 13 aromatic rings. The third kappa shape index (κ3) is 4.26. The molecular formula is C58H33BN2O2. The quantitative estimate of drug-likeness (QED) is 0.129. The molecule has 0 saturated carbocycles. The summed E-state index contributed by atoms with van der Waals surface area (Å²) in [6, 6.07) is 72.8. The highest BCUT2D eigenvalue weighted by atomic mass is 16.4. The Kier molecular flexibility index (Phi) is 6.47. The fraction of sp³-hybridized carbons (Fsp3) is 0. The zero-order valence-corrected chi connectivity index (χ0v) is 33.8.